The van der Waals surface area contributed by atoms with E-state index in [0.717, 1.165) is 37.7 Å². The van der Waals surface area contributed by atoms with Crippen LogP contribution in [0.5, 0.6) is 0 Å². The van der Waals surface area contributed by atoms with Gasteiger partial charge in [0.05, 0.1) is 5.92 Å². The molecule has 16 heavy (non-hydrogen) atoms. The van der Waals surface area contributed by atoms with E-state index in [0.29, 0.717) is 0 Å². The molecule has 1 N–H and O–H groups in total. The lowest BCUT2D eigenvalue weighted by atomic mass is 10.1. The van der Waals surface area contributed by atoms with Gasteiger partial charge in [-0.1, -0.05) is 0 Å². The maximum atomic E-state index is 12.1. The van der Waals surface area contributed by atoms with Gasteiger partial charge in [0.25, 0.3) is 0 Å². The molecule has 1 aromatic heterocycles. The van der Waals surface area contributed by atoms with Crippen LogP contribution < -0.4 is 5.32 Å². The van der Waals surface area contributed by atoms with Crippen LogP contribution in [0.2, 0.25) is 0 Å². The third-order valence-electron chi connectivity index (χ3n) is 2.99. The van der Waals surface area contributed by atoms with E-state index in [1.54, 1.807) is 0 Å². The van der Waals surface area contributed by atoms with Crippen LogP contribution in [0.3, 0.4) is 0 Å². The number of nitrogens with zero attached hydrogens (tertiary/aromatic N) is 1. The largest absolute Gasteiger partial charge is 0.466 e. The summed E-state index contributed by atoms with van der Waals surface area (Å²) in [7, 11) is 0. The Labute approximate surface area is 95.6 Å². The molecule has 2 heterocycles. The van der Waals surface area contributed by atoms with Crippen molar-refractivity contribution in [1.29, 1.82) is 0 Å². The maximum Gasteiger partial charge on any atom is 0.233 e. The molecule has 1 fully saturated rings. The van der Waals surface area contributed by atoms with Gasteiger partial charge >= 0.3 is 0 Å². The summed E-state index contributed by atoms with van der Waals surface area (Å²) in [5, 5.41) is 3.24. The van der Waals surface area contributed by atoms with Gasteiger partial charge in [-0.25, -0.2) is 0 Å². The molecule has 0 saturated carbocycles. The number of furan rings is 1. The lowest BCUT2D eigenvalue weighted by Gasteiger charge is -2.29. The number of carbonyl (C=O) groups excluding carboxylic acids is 1. The van der Waals surface area contributed by atoms with E-state index in [-0.39, 0.29) is 11.8 Å². The molecule has 1 aliphatic rings. The molecule has 1 aliphatic heterocycles. The fraction of sp³-hybridized carbons (Fsp3) is 0.583. The van der Waals surface area contributed by atoms with Crippen LogP contribution in [0.25, 0.3) is 0 Å². The van der Waals surface area contributed by atoms with Crippen molar-refractivity contribution in [3.05, 3.63) is 23.7 Å². The van der Waals surface area contributed by atoms with Crippen LogP contribution in [-0.4, -0.2) is 37.0 Å². The van der Waals surface area contributed by atoms with Crippen molar-refractivity contribution in [2.45, 2.75) is 19.8 Å². The van der Waals surface area contributed by atoms with Crippen LogP contribution in [-0.2, 0) is 4.79 Å². The van der Waals surface area contributed by atoms with Crippen molar-refractivity contribution in [1.82, 2.24) is 10.2 Å². The molecular formula is C12H18N2O2. The van der Waals surface area contributed by atoms with Crippen LogP contribution in [0.1, 0.15) is 24.4 Å². The molecule has 0 aromatic carbocycles. The van der Waals surface area contributed by atoms with Crippen molar-refractivity contribution in [2.24, 2.45) is 0 Å². The Morgan fingerprint density at radius 3 is 2.69 bits per heavy atom. The first kappa shape index (κ1) is 11.2. The van der Waals surface area contributed by atoms with Crippen molar-refractivity contribution < 1.29 is 9.21 Å². The summed E-state index contributed by atoms with van der Waals surface area (Å²) in [6, 6.07) is 3.79. The number of aryl methyl sites for hydroxylation is 1. The summed E-state index contributed by atoms with van der Waals surface area (Å²) in [5.41, 5.74) is 0. The molecule has 0 radical (unpaired) electrons. The van der Waals surface area contributed by atoms with Crippen molar-refractivity contribution in [3.8, 4) is 0 Å². The molecule has 0 bridgehead atoms. The van der Waals surface area contributed by atoms with E-state index >= 15 is 0 Å². The second-order valence-electron chi connectivity index (χ2n) is 4.25. The van der Waals surface area contributed by atoms with Crippen molar-refractivity contribution in [2.75, 3.05) is 26.2 Å². The summed E-state index contributed by atoms with van der Waals surface area (Å²) in [5.74, 6) is 1.61. The lowest BCUT2D eigenvalue weighted by Crippen LogP contribution is -2.47. The zero-order valence-electron chi connectivity index (χ0n) is 9.82. The SMILES string of the molecule is Cc1ccc(C(C)C(=O)N2CCNCC2)o1. The standard InChI is InChI=1S/C12H18N2O2/c1-9-3-4-11(16-9)10(2)12(15)14-7-5-13-6-8-14/h3-4,10,13H,5-8H2,1-2H3. The quantitative estimate of drug-likeness (QED) is 0.815. The molecule has 2 rings (SSSR count). The predicted molar refractivity (Wildman–Crippen MR) is 61.3 cm³/mol. The minimum Gasteiger partial charge on any atom is -0.466 e. The fourth-order valence-corrected chi connectivity index (χ4v) is 1.97. The van der Waals surface area contributed by atoms with E-state index in [4.69, 9.17) is 4.42 Å². The van der Waals surface area contributed by atoms with Gasteiger partial charge in [0, 0.05) is 26.2 Å². The van der Waals surface area contributed by atoms with Gasteiger partial charge in [-0.15, -0.1) is 0 Å². The average molecular weight is 222 g/mol. The maximum absolute atomic E-state index is 12.1. The Morgan fingerprint density at radius 2 is 2.12 bits per heavy atom. The fourth-order valence-electron chi connectivity index (χ4n) is 1.97. The number of hydrogen-bond donors (Lipinski definition) is 1. The monoisotopic (exact) mass is 222 g/mol. The second kappa shape index (κ2) is 4.70. The topological polar surface area (TPSA) is 45.5 Å². The number of hydrogen-bond acceptors (Lipinski definition) is 3. The van der Waals surface area contributed by atoms with E-state index < -0.39 is 0 Å². The van der Waals surface area contributed by atoms with Gasteiger partial charge < -0.3 is 14.6 Å². The van der Waals surface area contributed by atoms with E-state index in [2.05, 4.69) is 5.32 Å². The normalized spacial score (nSPS) is 18.5. The van der Waals surface area contributed by atoms with Crippen LogP contribution >= 0.6 is 0 Å². The molecule has 1 saturated heterocycles. The van der Waals surface area contributed by atoms with Crippen molar-refractivity contribution in [3.63, 3.8) is 0 Å². The molecular weight excluding hydrogens is 204 g/mol. The number of nitrogens with one attached hydrogen (secondary N) is 1. The first-order valence-electron chi connectivity index (χ1n) is 5.74. The highest BCUT2D eigenvalue weighted by Crippen LogP contribution is 2.20. The van der Waals surface area contributed by atoms with E-state index in [1.807, 2.05) is 30.9 Å². The molecule has 1 amide bonds. The molecule has 4 heteroatoms. The Balaban J connectivity index is 2.03. The second-order valence-corrected chi connectivity index (χ2v) is 4.25. The minimum absolute atomic E-state index is 0.163. The van der Waals surface area contributed by atoms with E-state index in [1.165, 1.54) is 0 Å². The average Bonchev–Trinajstić information content (AvgIpc) is 2.75. The Kier molecular flexibility index (Phi) is 3.29. The first-order chi connectivity index (χ1) is 7.68. The molecule has 4 nitrogen and oxygen atoms in total. The van der Waals surface area contributed by atoms with Gasteiger partial charge in [0.1, 0.15) is 11.5 Å². The Morgan fingerprint density at radius 1 is 1.44 bits per heavy atom. The van der Waals surface area contributed by atoms with Gasteiger partial charge in [-0.2, -0.15) is 0 Å². The van der Waals surface area contributed by atoms with Crippen LogP contribution in [0.15, 0.2) is 16.5 Å². The Bertz CT molecular complexity index is 367. The summed E-state index contributed by atoms with van der Waals surface area (Å²) in [6.45, 7) is 7.16. The molecule has 1 aromatic rings. The summed E-state index contributed by atoms with van der Waals surface area (Å²) < 4.78 is 5.49. The minimum atomic E-state index is -0.174. The molecule has 1 atom stereocenters. The summed E-state index contributed by atoms with van der Waals surface area (Å²) in [4.78, 5) is 14.0. The zero-order valence-corrected chi connectivity index (χ0v) is 9.82. The van der Waals surface area contributed by atoms with Gasteiger partial charge in [0.15, 0.2) is 0 Å². The first-order valence-corrected chi connectivity index (χ1v) is 5.74. The number of piperazine rings is 1. The van der Waals surface area contributed by atoms with Crippen molar-refractivity contribution >= 4 is 5.91 Å². The number of amides is 1. The smallest absolute Gasteiger partial charge is 0.233 e. The third-order valence-corrected chi connectivity index (χ3v) is 2.99. The lowest BCUT2D eigenvalue weighted by molar-refractivity contribution is -0.133. The summed E-state index contributed by atoms with van der Waals surface area (Å²) in [6.07, 6.45) is 0. The van der Waals surface area contributed by atoms with Crippen LogP contribution in [0.4, 0.5) is 0 Å². The highest BCUT2D eigenvalue weighted by molar-refractivity contribution is 5.82. The molecule has 0 aliphatic carbocycles. The molecule has 88 valence electrons. The number of rotatable bonds is 2. The third kappa shape index (κ3) is 2.27. The van der Waals surface area contributed by atoms with Crippen LogP contribution in [0, 0.1) is 6.92 Å². The van der Waals surface area contributed by atoms with Gasteiger partial charge in [-0.05, 0) is 26.0 Å². The Hall–Kier alpha value is -1.29. The zero-order chi connectivity index (χ0) is 11.5. The number of carbonyl (C=O) groups is 1. The molecule has 0 spiro atoms. The van der Waals surface area contributed by atoms with Gasteiger partial charge in [-0.3, -0.25) is 4.79 Å². The predicted octanol–water partition coefficient (Wildman–Crippen LogP) is 1.12. The highest BCUT2D eigenvalue weighted by Gasteiger charge is 2.25. The highest BCUT2D eigenvalue weighted by atomic mass is 16.3. The molecule has 1 unspecified atom stereocenters. The van der Waals surface area contributed by atoms with E-state index in [9.17, 15) is 4.79 Å². The van der Waals surface area contributed by atoms with Gasteiger partial charge in [0.2, 0.25) is 5.91 Å². The summed E-state index contributed by atoms with van der Waals surface area (Å²) >= 11 is 0.